The van der Waals surface area contributed by atoms with Gasteiger partial charge in [-0.25, -0.2) is 4.79 Å². The Balaban J connectivity index is 1.64. The molecule has 0 bridgehead atoms. The molecule has 8 heteroatoms. The molecule has 2 saturated heterocycles. The number of carbonyl (C=O) groups excluding carboxylic acids is 2. The highest BCUT2D eigenvalue weighted by molar-refractivity contribution is 5.91. The topological polar surface area (TPSA) is 96.4 Å². The van der Waals surface area contributed by atoms with E-state index < -0.39 is 17.9 Å². The van der Waals surface area contributed by atoms with Crippen molar-refractivity contribution in [1.29, 1.82) is 0 Å². The number of carboxylic acids is 1. The number of ether oxygens (including phenoxy) is 2. The maximum atomic E-state index is 12.8. The molecular weight excluding hydrogens is 340 g/mol. The molecule has 26 heavy (non-hydrogen) atoms. The van der Waals surface area contributed by atoms with E-state index in [1.807, 2.05) is 24.3 Å². The number of likely N-dealkylation sites (tertiary alicyclic amines) is 1. The molecular formula is C18H22N2O6. The van der Waals surface area contributed by atoms with Gasteiger partial charge in [-0.3, -0.25) is 9.59 Å². The number of hydrogen-bond donors (Lipinski definition) is 1. The van der Waals surface area contributed by atoms with E-state index in [0.29, 0.717) is 19.7 Å². The fourth-order valence-electron chi connectivity index (χ4n) is 3.35. The van der Waals surface area contributed by atoms with Crippen molar-refractivity contribution < 1.29 is 29.0 Å². The van der Waals surface area contributed by atoms with Gasteiger partial charge >= 0.3 is 5.97 Å². The van der Waals surface area contributed by atoms with Crippen LogP contribution in [0.2, 0.25) is 0 Å². The number of aliphatic carboxylic acids is 1. The van der Waals surface area contributed by atoms with Gasteiger partial charge in [-0.2, -0.15) is 0 Å². The van der Waals surface area contributed by atoms with Gasteiger partial charge in [0, 0.05) is 26.1 Å². The summed E-state index contributed by atoms with van der Waals surface area (Å²) in [4.78, 5) is 39.4. The molecule has 1 aromatic carbocycles. The number of carboxylic acid groups (broad SMARTS) is 1. The number of hydrogen-bond acceptors (Lipinski definition) is 5. The number of amides is 2. The lowest BCUT2D eigenvalue weighted by molar-refractivity contribution is -0.160. The molecule has 1 aromatic rings. The average Bonchev–Trinajstić information content (AvgIpc) is 3.02. The first-order chi connectivity index (χ1) is 12.5. The maximum absolute atomic E-state index is 12.8. The summed E-state index contributed by atoms with van der Waals surface area (Å²) < 4.78 is 10.3. The lowest BCUT2D eigenvalue weighted by Crippen LogP contribution is -2.54. The third kappa shape index (κ3) is 3.80. The van der Waals surface area contributed by atoms with Crippen molar-refractivity contribution in [1.82, 2.24) is 9.80 Å². The SMILES string of the molecule is COc1ccc(CN2C[C@H](C(=O)N3CCOC[C@H]3C(=O)O)CC2=O)cc1. The predicted octanol–water partition coefficient (Wildman–Crippen LogP) is 0.356. The van der Waals surface area contributed by atoms with Gasteiger partial charge < -0.3 is 24.4 Å². The van der Waals surface area contributed by atoms with Crippen LogP contribution in [0.1, 0.15) is 12.0 Å². The number of methoxy groups -OCH3 is 1. The van der Waals surface area contributed by atoms with Crippen molar-refractivity contribution in [3.8, 4) is 5.75 Å². The first-order valence-corrected chi connectivity index (χ1v) is 8.51. The molecule has 140 valence electrons. The van der Waals surface area contributed by atoms with E-state index in [4.69, 9.17) is 9.47 Å². The Morgan fingerprint density at radius 3 is 2.69 bits per heavy atom. The summed E-state index contributed by atoms with van der Waals surface area (Å²) in [6.45, 7) is 1.24. The molecule has 0 aromatic heterocycles. The third-order valence-corrected chi connectivity index (χ3v) is 4.79. The zero-order chi connectivity index (χ0) is 18.7. The van der Waals surface area contributed by atoms with E-state index >= 15 is 0 Å². The normalized spacial score (nSPS) is 23.2. The van der Waals surface area contributed by atoms with Crippen LogP contribution in [0, 0.1) is 5.92 Å². The Morgan fingerprint density at radius 2 is 2.04 bits per heavy atom. The fraction of sp³-hybridized carbons (Fsp3) is 0.500. The summed E-state index contributed by atoms with van der Waals surface area (Å²) in [7, 11) is 1.59. The zero-order valence-corrected chi connectivity index (χ0v) is 14.6. The van der Waals surface area contributed by atoms with Crippen LogP contribution in [0.15, 0.2) is 24.3 Å². The fourth-order valence-corrected chi connectivity index (χ4v) is 3.35. The Kier molecular flexibility index (Phi) is 5.41. The molecule has 0 spiro atoms. The number of morpholine rings is 1. The van der Waals surface area contributed by atoms with Gasteiger partial charge in [0.25, 0.3) is 0 Å². The smallest absolute Gasteiger partial charge is 0.328 e. The van der Waals surface area contributed by atoms with Gasteiger partial charge in [-0.05, 0) is 17.7 Å². The van der Waals surface area contributed by atoms with Crippen molar-refractivity contribution in [2.75, 3.05) is 33.4 Å². The van der Waals surface area contributed by atoms with E-state index in [1.165, 1.54) is 4.90 Å². The summed E-state index contributed by atoms with van der Waals surface area (Å²) in [5.41, 5.74) is 0.946. The van der Waals surface area contributed by atoms with E-state index in [-0.39, 0.29) is 31.4 Å². The molecule has 2 amide bonds. The molecule has 2 aliphatic heterocycles. The highest BCUT2D eigenvalue weighted by atomic mass is 16.5. The van der Waals surface area contributed by atoms with Gasteiger partial charge in [0.15, 0.2) is 6.04 Å². The molecule has 0 radical (unpaired) electrons. The summed E-state index contributed by atoms with van der Waals surface area (Å²) in [6.07, 6.45) is 0.110. The average molecular weight is 362 g/mol. The molecule has 0 aliphatic carbocycles. The second-order valence-corrected chi connectivity index (χ2v) is 6.48. The molecule has 2 fully saturated rings. The number of nitrogens with zero attached hydrogens (tertiary/aromatic N) is 2. The molecule has 3 rings (SSSR count). The van der Waals surface area contributed by atoms with E-state index in [2.05, 4.69) is 0 Å². The summed E-state index contributed by atoms with van der Waals surface area (Å²) >= 11 is 0. The number of rotatable bonds is 5. The highest BCUT2D eigenvalue weighted by Crippen LogP contribution is 2.24. The molecule has 0 saturated carbocycles. The van der Waals surface area contributed by atoms with Crippen LogP contribution in [-0.4, -0.2) is 72.1 Å². The summed E-state index contributed by atoms with van der Waals surface area (Å²) in [5.74, 6) is -1.25. The second kappa shape index (κ2) is 7.74. The highest BCUT2D eigenvalue weighted by Gasteiger charge is 2.41. The van der Waals surface area contributed by atoms with Crippen molar-refractivity contribution in [3.05, 3.63) is 29.8 Å². The van der Waals surface area contributed by atoms with Crippen LogP contribution >= 0.6 is 0 Å². The Hall–Kier alpha value is -2.61. The maximum Gasteiger partial charge on any atom is 0.328 e. The van der Waals surface area contributed by atoms with Gasteiger partial charge in [-0.15, -0.1) is 0 Å². The Bertz CT molecular complexity index is 689. The minimum atomic E-state index is -1.09. The lowest BCUT2D eigenvalue weighted by Gasteiger charge is -2.34. The van der Waals surface area contributed by atoms with Crippen molar-refractivity contribution in [2.45, 2.75) is 19.0 Å². The first kappa shape index (κ1) is 18.2. The standard InChI is InChI=1S/C18H22N2O6/c1-25-14-4-2-12(3-5-14)9-19-10-13(8-16(19)21)17(22)20-6-7-26-11-15(20)18(23)24/h2-5,13,15H,6-11H2,1H3,(H,23,24)/t13-,15+/m1/s1. The molecule has 8 nitrogen and oxygen atoms in total. The van der Waals surface area contributed by atoms with Crippen LogP contribution in [-0.2, 0) is 25.7 Å². The first-order valence-electron chi connectivity index (χ1n) is 8.51. The van der Waals surface area contributed by atoms with Gasteiger partial charge in [0.1, 0.15) is 5.75 Å². The second-order valence-electron chi connectivity index (χ2n) is 6.48. The Labute approximate surface area is 151 Å². The summed E-state index contributed by atoms with van der Waals surface area (Å²) in [6, 6.07) is 6.42. The van der Waals surface area contributed by atoms with Crippen molar-refractivity contribution in [3.63, 3.8) is 0 Å². The predicted molar refractivity (Wildman–Crippen MR) is 90.5 cm³/mol. The van der Waals surface area contributed by atoms with Crippen molar-refractivity contribution >= 4 is 17.8 Å². The quantitative estimate of drug-likeness (QED) is 0.812. The van der Waals surface area contributed by atoms with Crippen LogP contribution in [0.25, 0.3) is 0 Å². The van der Waals surface area contributed by atoms with Gasteiger partial charge in [-0.1, -0.05) is 12.1 Å². The Morgan fingerprint density at radius 1 is 1.31 bits per heavy atom. The summed E-state index contributed by atoms with van der Waals surface area (Å²) in [5, 5.41) is 9.28. The third-order valence-electron chi connectivity index (χ3n) is 4.79. The van der Waals surface area contributed by atoms with Crippen LogP contribution in [0.3, 0.4) is 0 Å². The van der Waals surface area contributed by atoms with Gasteiger partial charge in [0.2, 0.25) is 11.8 Å². The largest absolute Gasteiger partial charge is 0.497 e. The zero-order valence-electron chi connectivity index (χ0n) is 14.6. The van der Waals surface area contributed by atoms with E-state index in [9.17, 15) is 19.5 Å². The van der Waals surface area contributed by atoms with Crippen molar-refractivity contribution in [2.24, 2.45) is 5.92 Å². The molecule has 2 aliphatic rings. The molecule has 2 heterocycles. The minimum Gasteiger partial charge on any atom is -0.497 e. The van der Waals surface area contributed by atoms with Crippen LogP contribution < -0.4 is 4.74 Å². The molecule has 1 N–H and O–H groups in total. The van der Waals surface area contributed by atoms with Crippen LogP contribution in [0.5, 0.6) is 5.75 Å². The van der Waals surface area contributed by atoms with Crippen LogP contribution in [0.4, 0.5) is 0 Å². The lowest BCUT2D eigenvalue weighted by atomic mass is 10.1. The molecule has 0 unspecified atom stereocenters. The minimum absolute atomic E-state index is 0.0166. The molecule has 2 atom stereocenters. The number of carbonyl (C=O) groups is 3. The monoisotopic (exact) mass is 362 g/mol. The number of benzene rings is 1. The van der Waals surface area contributed by atoms with E-state index in [0.717, 1.165) is 11.3 Å². The van der Waals surface area contributed by atoms with Gasteiger partial charge in [0.05, 0.1) is 26.2 Å². The van der Waals surface area contributed by atoms with E-state index in [1.54, 1.807) is 12.0 Å².